The Morgan fingerprint density at radius 2 is 2.09 bits per heavy atom. The molecule has 0 aliphatic carbocycles. The number of halogens is 2. The molecule has 1 fully saturated rings. The molecule has 1 amide bonds. The number of nitrogens with zero attached hydrogens (tertiary/aromatic N) is 4. The number of carbonyl (C=O) groups is 1. The maximum atomic E-state index is 16.1. The molecule has 1 aliphatic heterocycles. The molecule has 34 heavy (non-hydrogen) atoms. The number of fused-ring (bicyclic) bond motifs is 2. The number of amides is 1. The van der Waals surface area contributed by atoms with Gasteiger partial charge in [-0.3, -0.25) is 4.79 Å². The molecule has 1 aliphatic rings. The number of hydrogen-bond donors (Lipinski definition) is 2. The van der Waals surface area contributed by atoms with Gasteiger partial charge >= 0.3 is 6.01 Å². The highest BCUT2D eigenvalue weighted by molar-refractivity contribution is 7.22. The first-order chi connectivity index (χ1) is 16.4. The van der Waals surface area contributed by atoms with Crippen LogP contribution in [-0.4, -0.2) is 41.1 Å². The van der Waals surface area contributed by atoms with Crippen LogP contribution in [0.4, 0.5) is 15.3 Å². The molecule has 8 nitrogen and oxygen atoms in total. The number of benzene rings is 2. The minimum Gasteiger partial charge on any atom is -0.467 e. The largest absolute Gasteiger partial charge is 0.467 e. The lowest BCUT2D eigenvalue weighted by molar-refractivity contribution is -0.121. The Bertz CT molecular complexity index is 1430. The number of hydrogen-bond acceptors (Lipinski definition) is 8. The second-order valence-electron chi connectivity index (χ2n) is 8.22. The normalized spacial score (nSPS) is 16.7. The predicted molar refractivity (Wildman–Crippen MR) is 133 cm³/mol. The first kappa shape index (κ1) is 22.5. The number of primary amides is 1. The van der Waals surface area contributed by atoms with Crippen LogP contribution in [0.5, 0.6) is 6.01 Å². The summed E-state index contributed by atoms with van der Waals surface area (Å²) in [5.41, 5.74) is 12.9. The summed E-state index contributed by atoms with van der Waals surface area (Å²) in [6.07, 6.45) is 2.41. The molecule has 1 atom stereocenters. The number of ether oxygens (including phenoxy) is 1. The van der Waals surface area contributed by atoms with Gasteiger partial charge in [0.1, 0.15) is 11.3 Å². The Morgan fingerprint density at radius 3 is 2.85 bits per heavy atom. The third kappa shape index (κ3) is 3.86. The molecule has 11 heteroatoms. The summed E-state index contributed by atoms with van der Waals surface area (Å²) in [4.78, 5) is 27.1. The number of methoxy groups -OCH3 is 1. The van der Waals surface area contributed by atoms with E-state index < -0.39 is 5.82 Å². The van der Waals surface area contributed by atoms with E-state index in [-0.39, 0.29) is 33.9 Å². The van der Waals surface area contributed by atoms with Crippen molar-refractivity contribution in [2.75, 3.05) is 30.8 Å². The van der Waals surface area contributed by atoms with Gasteiger partial charge in [0.2, 0.25) is 5.91 Å². The van der Waals surface area contributed by atoms with E-state index in [1.54, 1.807) is 12.1 Å². The van der Waals surface area contributed by atoms with E-state index in [2.05, 4.69) is 15.0 Å². The van der Waals surface area contributed by atoms with Crippen LogP contribution < -0.4 is 21.1 Å². The Hall–Kier alpha value is -3.24. The average Bonchev–Trinajstić information content (AvgIpc) is 3.02. The van der Waals surface area contributed by atoms with Crippen LogP contribution in [0.1, 0.15) is 19.3 Å². The number of carbonyl (C=O) groups excluding carboxylic acids is 1. The molecule has 176 valence electrons. The molecule has 0 saturated carbocycles. The summed E-state index contributed by atoms with van der Waals surface area (Å²) < 4.78 is 22.2. The number of thiazole rings is 1. The monoisotopic (exact) mass is 500 g/mol. The average molecular weight is 501 g/mol. The highest BCUT2D eigenvalue weighted by Gasteiger charge is 2.27. The van der Waals surface area contributed by atoms with Crippen LogP contribution in [0, 0.1) is 11.7 Å². The smallest absolute Gasteiger partial charge is 0.318 e. The molecule has 0 bridgehead atoms. The van der Waals surface area contributed by atoms with Crippen molar-refractivity contribution in [2.24, 2.45) is 11.7 Å². The topological polar surface area (TPSA) is 120 Å². The van der Waals surface area contributed by atoms with Crippen molar-refractivity contribution in [3.8, 4) is 17.1 Å². The predicted octanol–water partition coefficient (Wildman–Crippen LogP) is 4.38. The maximum absolute atomic E-state index is 16.1. The number of anilines is 2. The van der Waals surface area contributed by atoms with Crippen LogP contribution in [0.15, 0.2) is 24.3 Å². The van der Waals surface area contributed by atoms with Crippen LogP contribution in [0.25, 0.3) is 32.2 Å². The van der Waals surface area contributed by atoms with E-state index in [9.17, 15) is 4.79 Å². The summed E-state index contributed by atoms with van der Waals surface area (Å²) >= 11 is 7.99. The number of aromatic nitrogens is 3. The summed E-state index contributed by atoms with van der Waals surface area (Å²) in [6.45, 7) is 1.01. The summed E-state index contributed by atoms with van der Waals surface area (Å²) in [5.74, 6) is -0.839. The second-order valence-corrected chi connectivity index (χ2v) is 9.69. The Kier molecular flexibility index (Phi) is 5.86. The minimum absolute atomic E-state index is 0.0191. The molecule has 2 aromatic carbocycles. The molecular formula is C23H22ClFN6O2S. The Labute approximate surface area is 203 Å². The summed E-state index contributed by atoms with van der Waals surface area (Å²) in [7, 11) is 1.42. The Morgan fingerprint density at radius 1 is 1.26 bits per heavy atom. The molecule has 3 heterocycles. The highest BCUT2D eigenvalue weighted by Crippen LogP contribution is 2.42. The molecule has 4 N–H and O–H groups in total. The first-order valence-corrected chi connectivity index (χ1v) is 12.0. The zero-order chi connectivity index (χ0) is 24.0. The van der Waals surface area contributed by atoms with Gasteiger partial charge in [-0.25, -0.2) is 9.37 Å². The fourth-order valence-electron chi connectivity index (χ4n) is 4.47. The van der Waals surface area contributed by atoms with E-state index in [0.29, 0.717) is 46.9 Å². The quantitative estimate of drug-likeness (QED) is 0.426. The number of para-hydroxylation sites is 1. The van der Waals surface area contributed by atoms with Gasteiger partial charge in [0.05, 0.1) is 28.3 Å². The zero-order valence-electron chi connectivity index (χ0n) is 18.3. The number of nitrogen functional groups attached to an aromatic ring is 1. The standard InChI is InChI=1S/C23H22ClFN6O2S/c1-33-23-29-19-13(21(30-23)31-8-3-2-5-11(10-31)20(26)32)9-14(24)16(17(19)25)12-6-4-7-15-18(12)28-22(27)34-15/h4,6-7,9,11H,2-3,5,8,10H2,1H3,(H2,26,32)(H2,27,28). The summed E-state index contributed by atoms with van der Waals surface area (Å²) in [6, 6.07) is 7.11. The van der Waals surface area contributed by atoms with Gasteiger partial charge in [0, 0.05) is 29.6 Å². The number of rotatable bonds is 4. The fraction of sp³-hybridized carbons (Fsp3) is 0.304. The van der Waals surface area contributed by atoms with Gasteiger partial charge in [0.25, 0.3) is 0 Å². The van der Waals surface area contributed by atoms with Crippen molar-refractivity contribution < 1.29 is 13.9 Å². The molecule has 1 unspecified atom stereocenters. The molecule has 5 rings (SSSR count). The van der Waals surface area contributed by atoms with Crippen molar-refractivity contribution in [1.29, 1.82) is 0 Å². The molecule has 0 spiro atoms. The zero-order valence-corrected chi connectivity index (χ0v) is 19.9. The SMILES string of the molecule is COc1nc(N2CCCCC(C(N)=O)C2)c2cc(Cl)c(-c3cccc4sc(N)nc34)c(F)c2n1. The molecule has 1 saturated heterocycles. The lowest BCUT2D eigenvalue weighted by Gasteiger charge is -2.26. The molecule has 4 aromatic rings. The van der Waals surface area contributed by atoms with Crippen LogP contribution >= 0.6 is 22.9 Å². The van der Waals surface area contributed by atoms with Crippen LogP contribution in [-0.2, 0) is 4.79 Å². The van der Waals surface area contributed by atoms with E-state index in [1.165, 1.54) is 18.4 Å². The first-order valence-electron chi connectivity index (χ1n) is 10.8. The maximum Gasteiger partial charge on any atom is 0.318 e. The number of nitrogens with two attached hydrogens (primary N) is 2. The van der Waals surface area contributed by atoms with Gasteiger partial charge in [-0.1, -0.05) is 41.5 Å². The van der Waals surface area contributed by atoms with Gasteiger partial charge < -0.3 is 21.1 Å². The van der Waals surface area contributed by atoms with Crippen LogP contribution in [0.3, 0.4) is 0 Å². The van der Waals surface area contributed by atoms with E-state index in [4.69, 9.17) is 27.8 Å². The summed E-state index contributed by atoms with van der Waals surface area (Å²) in [5, 5.41) is 1.01. The third-order valence-corrected chi connectivity index (χ3v) is 7.25. The van der Waals surface area contributed by atoms with Crippen molar-refractivity contribution >= 4 is 60.9 Å². The van der Waals surface area contributed by atoms with E-state index >= 15 is 4.39 Å². The van der Waals surface area contributed by atoms with Gasteiger partial charge in [-0.2, -0.15) is 9.97 Å². The van der Waals surface area contributed by atoms with E-state index in [0.717, 1.165) is 17.5 Å². The lowest BCUT2D eigenvalue weighted by Crippen LogP contribution is -2.35. The van der Waals surface area contributed by atoms with E-state index in [1.807, 2.05) is 17.0 Å². The third-order valence-electron chi connectivity index (χ3n) is 6.10. The van der Waals surface area contributed by atoms with Gasteiger partial charge in [-0.05, 0) is 25.0 Å². The van der Waals surface area contributed by atoms with Crippen LogP contribution in [0.2, 0.25) is 5.02 Å². The van der Waals surface area contributed by atoms with Gasteiger partial charge in [-0.15, -0.1) is 0 Å². The highest BCUT2D eigenvalue weighted by atomic mass is 35.5. The lowest BCUT2D eigenvalue weighted by atomic mass is 10.0. The fourth-order valence-corrected chi connectivity index (χ4v) is 5.53. The van der Waals surface area contributed by atoms with Crippen molar-refractivity contribution in [2.45, 2.75) is 19.3 Å². The van der Waals surface area contributed by atoms with Gasteiger partial charge in [0.15, 0.2) is 10.9 Å². The van der Waals surface area contributed by atoms with Crippen molar-refractivity contribution in [3.05, 3.63) is 35.1 Å². The molecule has 2 aromatic heterocycles. The Balaban J connectivity index is 1.73. The van der Waals surface area contributed by atoms with Crippen molar-refractivity contribution in [3.63, 3.8) is 0 Å². The molecule has 0 radical (unpaired) electrons. The van der Waals surface area contributed by atoms with Crippen molar-refractivity contribution in [1.82, 2.24) is 15.0 Å². The minimum atomic E-state index is -0.607. The molecular weight excluding hydrogens is 479 g/mol. The second kappa shape index (κ2) is 8.84.